The van der Waals surface area contributed by atoms with Gasteiger partial charge in [-0.05, 0) is 29.3 Å². The van der Waals surface area contributed by atoms with Crippen LogP contribution in [0, 0.1) is 11.3 Å². The number of carbonyl (C=O) groups excluding carboxylic acids is 1. The Bertz CT molecular complexity index is 1250. The van der Waals surface area contributed by atoms with E-state index in [1.807, 2.05) is 78.9 Å². The molecule has 30 heavy (non-hydrogen) atoms. The number of carbonyl (C=O) groups is 1. The second-order valence-electron chi connectivity index (χ2n) is 6.69. The maximum atomic E-state index is 11.6. The van der Waals surface area contributed by atoms with Gasteiger partial charge in [0.25, 0.3) is 5.91 Å². The molecule has 2 N–H and O–H groups in total. The number of primary amides is 1. The summed E-state index contributed by atoms with van der Waals surface area (Å²) in [5.74, 6) is -0.768. The molecule has 0 unspecified atom stereocenters. The van der Waals surface area contributed by atoms with E-state index in [0.29, 0.717) is 11.3 Å². The topological polar surface area (TPSA) is 84.7 Å². The van der Waals surface area contributed by atoms with Gasteiger partial charge in [-0.15, -0.1) is 0 Å². The van der Waals surface area contributed by atoms with Crippen LogP contribution in [0.4, 0.5) is 0 Å². The van der Waals surface area contributed by atoms with Crippen LogP contribution in [-0.2, 0) is 4.79 Å². The van der Waals surface area contributed by atoms with Crippen LogP contribution in [0.2, 0.25) is 0 Å². The van der Waals surface area contributed by atoms with Crippen LogP contribution in [0.3, 0.4) is 0 Å². The maximum absolute atomic E-state index is 11.6. The summed E-state index contributed by atoms with van der Waals surface area (Å²) < 4.78 is 1.72. The fourth-order valence-electron chi connectivity index (χ4n) is 3.20. The molecule has 5 nitrogen and oxygen atoms in total. The van der Waals surface area contributed by atoms with E-state index in [9.17, 15) is 10.1 Å². The molecule has 0 atom stereocenters. The lowest BCUT2D eigenvalue weighted by molar-refractivity contribution is -0.114. The Labute approximate surface area is 174 Å². The zero-order valence-corrected chi connectivity index (χ0v) is 16.1. The van der Waals surface area contributed by atoms with Crippen LogP contribution in [-0.4, -0.2) is 15.7 Å². The lowest BCUT2D eigenvalue weighted by Gasteiger charge is -2.04. The first-order chi connectivity index (χ1) is 14.7. The molecule has 0 aliphatic heterocycles. The van der Waals surface area contributed by atoms with Crippen LogP contribution < -0.4 is 5.73 Å². The largest absolute Gasteiger partial charge is 0.365 e. The number of rotatable bonds is 5. The monoisotopic (exact) mass is 390 g/mol. The number of nitriles is 1. The number of hydrogen-bond acceptors (Lipinski definition) is 3. The summed E-state index contributed by atoms with van der Waals surface area (Å²) in [6, 6.07) is 29.6. The van der Waals surface area contributed by atoms with Crippen molar-refractivity contribution >= 4 is 12.0 Å². The third-order valence-electron chi connectivity index (χ3n) is 4.71. The zero-order valence-electron chi connectivity index (χ0n) is 16.1. The van der Waals surface area contributed by atoms with E-state index in [1.54, 1.807) is 10.9 Å². The van der Waals surface area contributed by atoms with E-state index in [0.717, 1.165) is 22.4 Å². The van der Waals surface area contributed by atoms with E-state index >= 15 is 0 Å². The van der Waals surface area contributed by atoms with Crippen molar-refractivity contribution in [1.29, 1.82) is 5.26 Å². The molecule has 0 aliphatic carbocycles. The molecule has 0 aliphatic rings. The second-order valence-corrected chi connectivity index (χ2v) is 6.69. The molecule has 0 radical (unpaired) electrons. The van der Waals surface area contributed by atoms with E-state index in [-0.39, 0.29) is 5.57 Å². The molecule has 0 spiro atoms. The van der Waals surface area contributed by atoms with E-state index in [1.165, 1.54) is 6.08 Å². The van der Waals surface area contributed by atoms with Crippen LogP contribution in [0.15, 0.2) is 96.7 Å². The van der Waals surface area contributed by atoms with Crippen LogP contribution >= 0.6 is 0 Å². The summed E-state index contributed by atoms with van der Waals surface area (Å²) in [4.78, 5) is 11.6. The molecular weight excluding hydrogens is 372 g/mol. The number of amides is 1. The lowest BCUT2D eigenvalue weighted by atomic mass is 10.0. The summed E-state index contributed by atoms with van der Waals surface area (Å²) in [6.45, 7) is 0. The van der Waals surface area contributed by atoms with Crippen molar-refractivity contribution in [2.45, 2.75) is 0 Å². The average molecular weight is 390 g/mol. The first-order valence-electron chi connectivity index (χ1n) is 9.38. The van der Waals surface area contributed by atoms with Gasteiger partial charge >= 0.3 is 0 Å². The number of aromatic nitrogens is 2. The van der Waals surface area contributed by atoms with Crippen molar-refractivity contribution in [3.8, 4) is 34.1 Å². The van der Waals surface area contributed by atoms with Gasteiger partial charge in [0.1, 0.15) is 11.6 Å². The SMILES string of the molecule is N#C/C(=C\c1cn(-c2ccccc2)nc1-c1ccc(-c2ccccc2)cc1)C(N)=O. The predicted molar refractivity (Wildman–Crippen MR) is 117 cm³/mol. The van der Waals surface area contributed by atoms with Gasteiger partial charge < -0.3 is 5.73 Å². The first kappa shape index (κ1) is 18.9. The summed E-state index contributed by atoms with van der Waals surface area (Å²) in [5.41, 5.74) is 10.5. The minimum Gasteiger partial charge on any atom is -0.365 e. The molecule has 4 aromatic rings. The summed E-state index contributed by atoms with van der Waals surface area (Å²) in [7, 11) is 0. The number of hydrogen-bond donors (Lipinski definition) is 1. The molecule has 0 saturated carbocycles. The summed E-state index contributed by atoms with van der Waals surface area (Å²) >= 11 is 0. The van der Waals surface area contributed by atoms with Crippen molar-refractivity contribution in [1.82, 2.24) is 9.78 Å². The third-order valence-corrected chi connectivity index (χ3v) is 4.71. The van der Waals surface area contributed by atoms with Gasteiger partial charge in [-0.25, -0.2) is 4.68 Å². The molecule has 1 aromatic heterocycles. The normalized spacial score (nSPS) is 11.1. The predicted octanol–water partition coefficient (Wildman–Crippen LogP) is 4.60. The Morgan fingerprint density at radius 3 is 2.03 bits per heavy atom. The van der Waals surface area contributed by atoms with Crippen molar-refractivity contribution in [3.05, 3.63) is 102 Å². The highest BCUT2D eigenvalue weighted by Crippen LogP contribution is 2.28. The fraction of sp³-hybridized carbons (Fsp3) is 0. The van der Waals surface area contributed by atoms with Crippen LogP contribution in [0.25, 0.3) is 34.1 Å². The highest BCUT2D eigenvalue weighted by molar-refractivity contribution is 6.01. The second kappa shape index (κ2) is 8.29. The average Bonchev–Trinajstić information content (AvgIpc) is 3.22. The van der Waals surface area contributed by atoms with Gasteiger partial charge in [0, 0.05) is 17.3 Å². The minimum atomic E-state index is -0.768. The highest BCUT2D eigenvalue weighted by atomic mass is 16.1. The Balaban J connectivity index is 1.81. The number of para-hydroxylation sites is 1. The molecule has 0 bridgehead atoms. The van der Waals surface area contributed by atoms with Gasteiger partial charge in [0.15, 0.2) is 0 Å². The Morgan fingerprint density at radius 2 is 1.43 bits per heavy atom. The van der Waals surface area contributed by atoms with E-state index in [2.05, 4.69) is 12.1 Å². The highest BCUT2D eigenvalue weighted by Gasteiger charge is 2.14. The van der Waals surface area contributed by atoms with Crippen LogP contribution in [0.5, 0.6) is 0 Å². The van der Waals surface area contributed by atoms with Gasteiger partial charge in [0.05, 0.1) is 11.4 Å². The first-order valence-corrected chi connectivity index (χ1v) is 9.38. The lowest BCUT2D eigenvalue weighted by Crippen LogP contribution is -2.12. The number of benzene rings is 3. The number of nitrogens with two attached hydrogens (primary N) is 1. The molecule has 144 valence electrons. The zero-order chi connectivity index (χ0) is 20.9. The molecule has 1 amide bonds. The van der Waals surface area contributed by atoms with Crippen molar-refractivity contribution in [2.75, 3.05) is 0 Å². The maximum Gasteiger partial charge on any atom is 0.259 e. The molecule has 3 aromatic carbocycles. The number of nitrogens with zero attached hydrogens (tertiary/aromatic N) is 3. The molecular formula is C25H18N4O. The Kier molecular flexibility index (Phi) is 5.23. The van der Waals surface area contributed by atoms with E-state index in [4.69, 9.17) is 10.8 Å². The third kappa shape index (κ3) is 3.89. The quantitative estimate of drug-likeness (QED) is 0.399. The smallest absolute Gasteiger partial charge is 0.259 e. The van der Waals surface area contributed by atoms with Gasteiger partial charge in [-0.3, -0.25) is 4.79 Å². The molecule has 1 heterocycles. The summed E-state index contributed by atoms with van der Waals surface area (Å²) in [6.07, 6.45) is 3.27. The van der Waals surface area contributed by atoms with E-state index < -0.39 is 5.91 Å². The fourth-order valence-corrected chi connectivity index (χ4v) is 3.20. The molecule has 4 rings (SSSR count). The van der Waals surface area contributed by atoms with Crippen molar-refractivity contribution in [2.24, 2.45) is 5.73 Å². The van der Waals surface area contributed by atoms with Crippen molar-refractivity contribution in [3.63, 3.8) is 0 Å². The molecule has 0 fully saturated rings. The van der Waals surface area contributed by atoms with Crippen LogP contribution in [0.1, 0.15) is 5.56 Å². The Hall–Kier alpha value is -4.43. The van der Waals surface area contributed by atoms with Gasteiger partial charge in [-0.1, -0.05) is 72.8 Å². The van der Waals surface area contributed by atoms with Gasteiger partial charge in [0.2, 0.25) is 0 Å². The standard InChI is InChI=1S/C25H18N4O/c26-16-21(25(27)30)15-22-17-29(23-9-5-2-6-10-23)28-24(22)20-13-11-19(12-14-20)18-7-3-1-4-8-18/h1-15,17H,(H2,27,30)/b21-15+. The summed E-state index contributed by atoms with van der Waals surface area (Å²) in [5, 5.41) is 14.0. The molecule has 0 saturated heterocycles. The van der Waals surface area contributed by atoms with Gasteiger partial charge in [-0.2, -0.15) is 10.4 Å². The molecule has 5 heteroatoms. The Morgan fingerprint density at radius 1 is 0.867 bits per heavy atom. The minimum absolute atomic E-state index is 0.121. The van der Waals surface area contributed by atoms with Crippen molar-refractivity contribution < 1.29 is 4.79 Å².